The molecule has 1 fully saturated rings. The molecule has 0 spiro atoms. The zero-order valence-corrected chi connectivity index (χ0v) is 9.32. The van der Waals surface area contributed by atoms with Crippen LogP contribution < -0.4 is 5.73 Å². The molecule has 0 aromatic carbocycles. The van der Waals surface area contributed by atoms with Crippen molar-refractivity contribution < 1.29 is 0 Å². The summed E-state index contributed by atoms with van der Waals surface area (Å²) in [7, 11) is 0. The number of nitrogens with two attached hydrogens (primary N) is 1. The van der Waals surface area contributed by atoms with Gasteiger partial charge in [-0.25, -0.2) is 4.98 Å². The second-order valence-corrected chi connectivity index (χ2v) is 4.51. The first-order valence-electron chi connectivity index (χ1n) is 5.93. The van der Waals surface area contributed by atoms with Gasteiger partial charge in [0.1, 0.15) is 12.2 Å². The van der Waals surface area contributed by atoms with E-state index >= 15 is 0 Å². The topological polar surface area (TPSA) is 67.6 Å². The molecule has 0 bridgehead atoms. The first kappa shape index (κ1) is 10.6. The summed E-state index contributed by atoms with van der Waals surface area (Å²) in [6.07, 6.45) is 8.00. The van der Waals surface area contributed by atoms with E-state index in [4.69, 9.17) is 5.73 Å². The number of nitrogens with one attached hydrogen (secondary N) is 1. The Kier molecular flexibility index (Phi) is 3.36. The third-order valence-electron chi connectivity index (χ3n) is 3.70. The van der Waals surface area contributed by atoms with Crippen molar-refractivity contribution in [3.8, 4) is 0 Å². The number of aromatic amines is 1. The van der Waals surface area contributed by atoms with Crippen LogP contribution in [0.15, 0.2) is 6.33 Å². The Bertz CT molecular complexity index is 283. The molecule has 4 nitrogen and oxygen atoms in total. The van der Waals surface area contributed by atoms with Gasteiger partial charge in [0.15, 0.2) is 0 Å². The predicted molar refractivity (Wildman–Crippen MR) is 59.1 cm³/mol. The third-order valence-corrected chi connectivity index (χ3v) is 3.70. The Morgan fingerprint density at radius 1 is 1.53 bits per heavy atom. The second-order valence-electron chi connectivity index (χ2n) is 4.51. The van der Waals surface area contributed by atoms with Crippen molar-refractivity contribution >= 4 is 0 Å². The van der Waals surface area contributed by atoms with Crippen LogP contribution in [0.4, 0.5) is 0 Å². The van der Waals surface area contributed by atoms with Crippen LogP contribution in [0.5, 0.6) is 0 Å². The summed E-state index contributed by atoms with van der Waals surface area (Å²) in [6.45, 7) is 2.26. The van der Waals surface area contributed by atoms with Gasteiger partial charge >= 0.3 is 0 Å². The summed E-state index contributed by atoms with van der Waals surface area (Å²) >= 11 is 0. The minimum Gasteiger partial charge on any atom is -0.321 e. The predicted octanol–water partition coefficient (Wildman–Crippen LogP) is 2.02. The molecule has 3 unspecified atom stereocenters. The minimum atomic E-state index is 0.0396. The highest BCUT2D eigenvalue weighted by atomic mass is 15.2. The van der Waals surface area contributed by atoms with Crippen LogP contribution in [0.3, 0.4) is 0 Å². The first-order valence-corrected chi connectivity index (χ1v) is 5.93. The maximum Gasteiger partial charge on any atom is 0.141 e. The van der Waals surface area contributed by atoms with E-state index in [0.717, 1.165) is 11.7 Å². The maximum atomic E-state index is 6.25. The molecule has 1 aromatic heterocycles. The van der Waals surface area contributed by atoms with Crippen LogP contribution in [0.1, 0.15) is 50.9 Å². The van der Waals surface area contributed by atoms with Gasteiger partial charge in [0.05, 0.1) is 6.04 Å². The van der Waals surface area contributed by atoms with Crippen LogP contribution in [0, 0.1) is 11.8 Å². The van der Waals surface area contributed by atoms with E-state index in [-0.39, 0.29) is 6.04 Å². The van der Waals surface area contributed by atoms with Gasteiger partial charge in [0, 0.05) is 0 Å². The van der Waals surface area contributed by atoms with Gasteiger partial charge in [-0.15, -0.1) is 0 Å². The van der Waals surface area contributed by atoms with E-state index in [2.05, 4.69) is 22.1 Å². The van der Waals surface area contributed by atoms with Crippen LogP contribution >= 0.6 is 0 Å². The molecular weight excluding hydrogens is 188 g/mol. The van der Waals surface area contributed by atoms with Crippen molar-refractivity contribution in [3.63, 3.8) is 0 Å². The average Bonchev–Trinajstić information content (AvgIpc) is 2.81. The van der Waals surface area contributed by atoms with Gasteiger partial charge < -0.3 is 5.73 Å². The Morgan fingerprint density at radius 3 is 3.00 bits per heavy atom. The summed E-state index contributed by atoms with van der Waals surface area (Å²) in [5.41, 5.74) is 6.25. The molecule has 3 N–H and O–H groups in total. The lowest BCUT2D eigenvalue weighted by Crippen LogP contribution is -2.31. The van der Waals surface area contributed by atoms with E-state index < -0.39 is 0 Å². The molecule has 4 heteroatoms. The van der Waals surface area contributed by atoms with Gasteiger partial charge in [0.25, 0.3) is 0 Å². The van der Waals surface area contributed by atoms with Crippen molar-refractivity contribution in [1.29, 1.82) is 0 Å². The van der Waals surface area contributed by atoms with Crippen molar-refractivity contribution in [1.82, 2.24) is 15.2 Å². The Labute approximate surface area is 90.7 Å². The molecule has 1 saturated carbocycles. The van der Waals surface area contributed by atoms with E-state index in [0.29, 0.717) is 5.92 Å². The fourth-order valence-corrected chi connectivity index (χ4v) is 2.79. The van der Waals surface area contributed by atoms with Crippen LogP contribution in [-0.4, -0.2) is 15.2 Å². The third kappa shape index (κ3) is 2.20. The van der Waals surface area contributed by atoms with E-state index in [9.17, 15) is 0 Å². The standard InChI is InChI=1S/C11H20N4/c1-2-8-5-3-4-6-9(8)10(12)11-13-7-14-15-11/h7-10H,2-6,12H2,1H3,(H,13,14,15). The molecule has 1 aliphatic rings. The van der Waals surface area contributed by atoms with E-state index in [1.165, 1.54) is 32.1 Å². The highest BCUT2D eigenvalue weighted by molar-refractivity contribution is 4.96. The second kappa shape index (κ2) is 4.75. The Hall–Kier alpha value is -0.900. The highest BCUT2D eigenvalue weighted by Crippen LogP contribution is 2.38. The smallest absolute Gasteiger partial charge is 0.141 e. The van der Waals surface area contributed by atoms with Gasteiger partial charge in [-0.2, -0.15) is 5.10 Å². The summed E-state index contributed by atoms with van der Waals surface area (Å²) in [6, 6.07) is 0.0396. The SMILES string of the molecule is CCC1CCCCC1C(N)c1ncn[nH]1. The monoisotopic (exact) mass is 208 g/mol. The Balaban J connectivity index is 2.07. The van der Waals surface area contributed by atoms with Crippen LogP contribution in [-0.2, 0) is 0 Å². The van der Waals surface area contributed by atoms with E-state index in [1.807, 2.05) is 0 Å². The molecule has 1 heterocycles. The fraction of sp³-hybridized carbons (Fsp3) is 0.818. The minimum absolute atomic E-state index is 0.0396. The zero-order valence-electron chi connectivity index (χ0n) is 9.32. The molecular formula is C11H20N4. The summed E-state index contributed by atoms with van der Waals surface area (Å²) in [5.74, 6) is 2.19. The molecule has 84 valence electrons. The molecule has 1 aliphatic carbocycles. The molecule has 2 rings (SSSR count). The molecule has 0 aliphatic heterocycles. The fourth-order valence-electron chi connectivity index (χ4n) is 2.79. The quantitative estimate of drug-likeness (QED) is 0.798. The molecule has 0 saturated heterocycles. The largest absolute Gasteiger partial charge is 0.321 e. The lowest BCUT2D eigenvalue weighted by molar-refractivity contribution is 0.192. The van der Waals surface area contributed by atoms with E-state index in [1.54, 1.807) is 6.33 Å². The van der Waals surface area contributed by atoms with Crippen LogP contribution in [0.25, 0.3) is 0 Å². The molecule has 1 aromatic rings. The summed E-state index contributed by atoms with van der Waals surface area (Å²) in [5, 5.41) is 6.77. The maximum absolute atomic E-state index is 6.25. The number of nitrogens with zero attached hydrogens (tertiary/aromatic N) is 2. The average molecular weight is 208 g/mol. The normalized spacial score (nSPS) is 28.9. The first-order chi connectivity index (χ1) is 7.33. The number of aromatic nitrogens is 3. The van der Waals surface area contributed by atoms with Gasteiger partial charge in [-0.3, -0.25) is 5.10 Å². The number of rotatable bonds is 3. The van der Waals surface area contributed by atoms with Crippen molar-refractivity contribution in [2.75, 3.05) is 0 Å². The van der Waals surface area contributed by atoms with Gasteiger partial charge in [0.2, 0.25) is 0 Å². The number of hydrogen-bond acceptors (Lipinski definition) is 3. The molecule has 15 heavy (non-hydrogen) atoms. The van der Waals surface area contributed by atoms with Gasteiger partial charge in [-0.1, -0.05) is 32.6 Å². The lowest BCUT2D eigenvalue weighted by atomic mass is 9.74. The molecule has 3 atom stereocenters. The van der Waals surface area contributed by atoms with Crippen molar-refractivity contribution in [2.24, 2.45) is 17.6 Å². The zero-order chi connectivity index (χ0) is 10.7. The number of H-pyrrole nitrogens is 1. The summed E-state index contributed by atoms with van der Waals surface area (Å²) in [4.78, 5) is 4.17. The molecule has 0 radical (unpaired) electrons. The lowest BCUT2D eigenvalue weighted by Gasteiger charge is -2.34. The van der Waals surface area contributed by atoms with Crippen molar-refractivity contribution in [2.45, 2.75) is 45.1 Å². The van der Waals surface area contributed by atoms with Gasteiger partial charge in [-0.05, 0) is 18.3 Å². The molecule has 0 amide bonds. The Morgan fingerprint density at radius 2 is 2.33 bits per heavy atom. The summed E-state index contributed by atoms with van der Waals surface area (Å²) < 4.78 is 0. The van der Waals surface area contributed by atoms with Crippen LogP contribution in [0.2, 0.25) is 0 Å². The number of hydrogen-bond donors (Lipinski definition) is 2. The van der Waals surface area contributed by atoms with Crippen molar-refractivity contribution in [3.05, 3.63) is 12.2 Å². The highest BCUT2D eigenvalue weighted by Gasteiger charge is 2.30.